The van der Waals surface area contributed by atoms with E-state index in [-0.39, 0.29) is 11.8 Å². The van der Waals surface area contributed by atoms with Crippen molar-refractivity contribution in [3.8, 4) is 33.2 Å². The third-order valence-corrected chi connectivity index (χ3v) is 10.6. The Kier molecular flexibility index (Phi) is 9.59. The minimum Gasteiger partial charge on any atom is -0.471 e. The number of carbonyl (C=O) groups excluding carboxylic acids is 2. The molecule has 0 bridgehead atoms. The summed E-state index contributed by atoms with van der Waals surface area (Å²) in [6, 6.07) is 12.8. The van der Waals surface area contributed by atoms with Crippen LogP contribution in [0, 0.1) is 13.8 Å². The van der Waals surface area contributed by atoms with E-state index in [1.807, 2.05) is 37.4 Å². The van der Waals surface area contributed by atoms with Gasteiger partial charge in [0, 0.05) is 40.7 Å². The molecule has 0 aliphatic carbocycles. The summed E-state index contributed by atoms with van der Waals surface area (Å²) in [5.74, 6) is 1.65. The molecule has 0 saturated heterocycles. The molecule has 15 nitrogen and oxygen atoms in total. The Morgan fingerprint density at radius 2 is 1.37 bits per heavy atom. The fourth-order valence-electron chi connectivity index (χ4n) is 6.31. The Balaban J connectivity index is 0.934. The number of nitrogens with one attached hydrogen (secondary N) is 2. The predicted molar refractivity (Wildman–Crippen MR) is 209 cm³/mol. The lowest BCUT2D eigenvalue weighted by Crippen LogP contribution is -2.11. The van der Waals surface area contributed by atoms with Gasteiger partial charge in [-0.3, -0.25) is 20.2 Å². The topological polar surface area (TPSA) is 211 Å². The van der Waals surface area contributed by atoms with E-state index in [2.05, 4.69) is 44.9 Å². The van der Waals surface area contributed by atoms with Crippen LogP contribution in [0.2, 0.25) is 0 Å². The Bertz CT molecular complexity index is 2640. The number of amides is 2. The van der Waals surface area contributed by atoms with E-state index in [1.165, 1.54) is 22.7 Å². The fraction of sp³-hybridized carbons (Fsp3) is 0.216. The van der Waals surface area contributed by atoms with Gasteiger partial charge in [-0.15, -0.1) is 21.5 Å². The number of carbonyl (C=O) groups is 2. The second-order valence-corrected chi connectivity index (χ2v) is 14.4. The summed E-state index contributed by atoms with van der Waals surface area (Å²) < 4.78 is 15.7. The van der Waals surface area contributed by atoms with Gasteiger partial charge in [0.25, 0.3) is 11.8 Å². The van der Waals surface area contributed by atoms with E-state index in [0.29, 0.717) is 56.5 Å². The first-order valence-corrected chi connectivity index (χ1v) is 18.9. The SMILES string of the molecule is Cc1nc2cc(C(=O)Nc3nc(-c4cc(-c5cocc5-c5nnc(NC(=O)c6ccc7c(c6)nc(C)n7CCCN)s5)co4)cs3)ccc2n1CCCN. The molecule has 6 heterocycles. The first-order valence-electron chi connectivity index (χ1n) is 17.2. The standard InChI is InChI=1S/C37H35N11O4S2/c1-20-40-27-13-22(5-7-30(27)47(20)11-3-9-38)33(49)43-36-42-29(19-53-36)32-15-24(16-52-32)25-17-51-18-26(25)35-45-46-37(54-35)44-34(50)23-6-8-31-28(14-23)41-21(2)48(31)12-4-10-39/h5-8,13-19H,3-4,9-12,38-39H2,1-2H3,(H,42,43,49)(H,44,46,50). The normalized spacial score (nSPS) is 11.6. The highest BCUT2D eigenvalue weighted by Gasteiger charge is 2.20. The molecule has 0 atom stereocenters. The van der Waals surface area contributed by atoms with Crippen molar-refractivity contribution in [2.45, 2.75) is 39.8 Å². The molecule has 0 spiro atoms. The molecule has 6 N–H and O–H groups in total. The summed E-state index contributed by atoms with van der Waals surface area (Å²) >= 11 is 2.51. The summed E-state index contributed by atoms with van der Waals surface area (Å²) in [5.41, 5.74) is 18.4. The van der Waals surface area contributed by atoms with Crippen LogP contribution in [0.3, 0.4) is 0 Å². The van der Waals surface area contributed by atoms with Crippen molar-refractivity contribution in [3.05, 3.63) is 89.4 Å². The largest absolute Gasteiger partial charge is 0.471 e. The number of aryl methyl sites for hydroxylation is 4. The van der Waals surface area contributed by atoms with Crippen molar-refractivity contribution in [2.75, 3.05) is 23.7 Å². The average Bonchev–Trinajstić information content (AvgIpc) is 4.02. The second kappa shape index (κ2) is 14.8. The Morgan fingerprint density at radius 3 is 2.00 bits per heavy atom. The average molecular weight is 762 g/mol. The Hall–Kier alpha value is -6.01. The predicted octanol–water partition coefficient (Wildman–Crippen LogP) is 6.70. The number of imidazole rings is 2. The third kappa shape index (κ3) is 6.80. The minimum absolute atomic E-state index is 0.287. The van der Waals surface area contributed by atoms with Crippen molar-refractivity contribution >= 4 is 66.8 Å². The lowest BCUT2D eigenvalue weighted by molar-refractivity contribution is 0.101. The van der Waals surface area contributed by atoms with Gasteiger partial charge in [0.15, 0.2) is 15.9 Å². The summed E-state index contributed by atoms with van der Waals surface area (Å²) in [4.78, 5) is 40.2. The molecule has 2 amide bonds. The molecule has 0 fully saturated rings. The van der Waals surface area contributed by atoms with E-state index in [4.69, 9.17) is 20.3 Å². The van der Waals surface area contributed by atoms with Gasteiger partial charge in [-0.05, 0) is 82.2 Å². The number of benzene rings is 2. The number of rotatable bonds is 13. The summed E-state index contributed by atoms with van der Waals surface area (Å²) in [7, 11) is 0. The number of aromatic nitrogens is 7. The lowest BCUT2D eigenvalue weighted by Gasteiger charge is -2.06. The fourth-order valence-corrected chi connectivity index (χ4v) is 7.76. The van der Waals surface area contributed by atoms with E-state index >= 15 is 0 Å². The van der Waals surface area contributed by atoms with Gasteiger partial charge in [0.1, 0.15) is 23.6 Å². The van der Waals surface area contributed by atoms with Crippen molar-refractivity contribution in [3.63, 3.8) is 0 Å². The maximum Gasteiger partial charge on any atom is 0.257 e. The zero-order chi connectivity index (χ0) is 37.3. The quantitative estimate of drug-likeness (QED) is 0.0971. The van der Waals surface area contributed by atoms with E-state index < -0.39 is 0 Å². The molecule has 6 aromatic heterocycles. The monoisotopic (exact) mass is 761 g/mol. The van der Waals surface area contributed by atoms with Gasteiger partial charge >= 0.3 is 0 Å². The highest BCUT2D eigenvalue weighted by atomic mass is 32.1. The smallest absolute Gasteiger partial charge is 0.257 e. The van der Waals surface area contributed by atoms with Crippen LogP contribution in [0.4, 0.5) is 10.3 Å². The maximum atomic E-state index is 13.2. The number of thiazole rings is 1. The number of anilines is 2. The molecule has 8 rings (SSSR count). The first kappa shape index (κ1) is 35.0. The number of hydrogen-bond acceptors (Lipinski definition) is 13. The molecule has 274 valence electrons. The highest BCUT2D eigenvalue weighted by Crippen LogP contribution is 2.38. The van der Waals surface area contributed by atoms with Crippen molar-refractivity contribution < 1.29 is 18.4 Å². The zero-order valence-corrected chi connectivity index (χ0v) is 31.0. The number of nitrogens with zero attached hydrogens (tertiary/aromatic N) is 7. The van der Waals surface area contributed by atoms with E-state index in [1.54, 1.807) is 43.1 Å². The van der Waals surface area contributed by atoms with Gasteiger partial charge in [0.2, 0.25) is 5.13 Å². The first-order chi connectivity index (χ1) is 26.3. The van der Waals surface area contributed by atoms with Gasteiger partial charge in [0.05, 0.1) is 40.2 Å². The number of fused-ring (bicyclic) bond motifs is 2. The molecule has 0 aliphatic rings. The van der Waals surface area contributed by atoms with Crippen LogP contribution >= 0.6 is 22.7 Å². The molecular weight excluding hydrogens is 727 g/mol. The molecule has 0 unspecified atom stereocenters. The number of hydrogen-bond donors (Lipinski definition) is 4. The summed E-state index contributed by atoms with van der Waals surface area (Å²) in [5, 5.41) is 17.4. The molecule has 0 radical (unpaired) electrons. The minimum atomic E-state index is -0.318. The maximum absolute atomic E-state index is 13.2. The molecule has 0 saturated carbocycles. The van der Waals surface area contributed by atoms with Crippen LogP contribution < -0.4 is 22.1 Å². The summed E-state index contributed by atoms with van der Waals surface area (Å²) in [6.07, 6.45) is 6.46. The number of nitrogens with two attached hydrogens (primary N) is 2. The van der Waals surface area contributed by atoms with Crippen LogP contribution in [0.15, 0.2) is 75.5 Å². The molecular formula is C37H35N11O4S2. The lowest BCUT2D eigenvalue weighted by atomic mass is 10.1. The molecule has 54 heavy (non-hydrogen) atoms. The highest BCUT2D eigenvalue weighted by molar-refractivity contribution is 7.18. The molecule has 0 aliphatic heterocycles. The molecule has 2 aromatic carbocycles. The van der Waals surface area contributed by atoms with Crippen molar-refractivity contribution in [1.29, 1.82) is 0 Å². The van der Waals surface area contributed by atoms with Crippen molar-refractivity contribution in [2.24, 2.45) is 11.5 Å². The van der Waals surface area contributed by atoms with E-state index in [0.717, 1.165) is 70.8 Å². The van der Waals surface area contributed by atoms with Crippen LogP contribution in [0.1, 0.15) is 45.2 Å². The van der Waals surface area contributed by atoms with Gasteiger partial charge in [-0.2, -0.15) is 0 Å². The van der Waals surface area contributed by atoms with Gasteiger partial charge in [-0.25, -0.2) is 15.0 Å². The van der Waals surface area contributed by atoms with Crippen LogP contribution in [-0.2, 0) is 13.1 Å². The van der Waals surface area contributed by atoms with Crippen molar-refractivity contribution in [1.82, 2.24) is 34.3 Å². The van der Waals surface area contributed by atoms with Gasteiger partial charge < -0.3 is 29.4 Å². The van der Waals surface area contributed by atoms with Gasteiger partial charge in [-0.1, -0.05) is 11.3 Å². The Morgan fingerprint density at radius 1 is 0.759 bits per heavy atom. The third-order valence-electron chi connectivity index (χ3n) is 9.00. The Labute approximate surface area is 316 Å². The zero-order valence-electron chi connectivity index (χ0n) is 29.3. The van der Waals surface area contributed by atoms with Crippen LogP contribution in [-0.4, -0.2) is 59.2 Å². The molecule has 17 heteroatoms. The van der Waals surface area contributed by atoms with Crippen LogP contribution in [0.25, 0.3) is 55.2 Å². The second-order valence-electron chi connectivity index (χ2n) is 12.6. The van der Waals surface area contributed by atoms with Crippen LogP contribution in [0.5, 0.6) is 0 Å². The summed E-state index contributed by atoms with van der Waals surface area (Å²) in [6.45, 7) is 6.61. The number of furan rings is 2. The molecule has 8 aromatic rings. The van der Waals surface area contributed by atoms with E-state index in [9.17, 15) is 9.59 Å².